The zero-order chi connectivity index (χ0) is 13.2. The molecule has 0 aromatic carbocycles. The Morgan fingerprint density at radius 3 is 2.95 bits per heavy atom. The van der Waals surface area contributed by atoms with Crippen LogP contribution in [0.5, 0.6) is 0 Å². The summed E-state index contributed by atoms with van der Waals surface area (Å²) in [7, 11) is 1.81. The summed E-state index contributed by atoms with van der Waals surface area (Å²) < 4.78 is 7.00. The third-order valence-electron chi connectivity index (χ3n) is 3.58. The van der Waals surface area contributed by atoms with Crippen molar-refractivity contribution >= 4 is 5.91 Å². The number of furan rings is 1. The maximum Gasteiger partial charge on any atom is 0.272 e. The molecule has 5 heteroatoms. The van der Waals surface area contributed by atoms with E-state index >= 15 is 0 Å². The van der Waals surface area contributed by atoms with E-state index in [1.54, 1.807) is 17.0 Å². The van der Waals surface area contributed by atoms with Gasteiger partial charge < -0.3 is 9.73 Å². The maximum absolute atomic E-state index is 12.1. The molecule has 100 valence electrons. The first kappa shape index (κ1) is 12.0. The molecule has 19 heavy (non-hydrogen) atoms. The number of aryl methyl sites for hydroxylation is 1. The highest BCUT2D eigenvalue weighted by Gasteiger charge is 2.20. The van der Waals surface area contributed by atoms with Crippen LogP contribution in [0.4, 0.5) is 0 Å². The lowest BCUT2D eigenvalue weighted by atomic mass is 10.2. The Morgan fingerprint density at radius 2 is 2.26 bits per heavy atom. The molecule has 0 saturated heterocycles. The van der Waals surface area contributed by atoms with Crippen molar-refractivity contribution < 1.29 is 9.21 Å². The highest BCUT2D eigenvalue weighted by atomic mass is 16.3. The number of carbonyl (C=O) groups is 1. The Kier molecular flexibility index (Phi) is 3.11. The molecule has 0 aliphatic heterocycles. The number of nitrogens with one attached hydrogen (secondary N) is 1. The van der Waals surface area contributed by atoms with Gasteiger partial charge in [-0.1, -0.05) is 12.8 Å². The third-order valence-corrected chi connectivity index (χ3v) is 3.58. The molecule has 1 amide bonds. The summed E-state index contributed by atoms with van der Waals surface area (Å²) in [5.74, 6) is 0.621. The summed E-state index contributed by atoms with van der Waals surface area (Å²) in [5, 5.41) is 7.29. The molecule has 0 bridgehead atoms. The van der Waals surface area contributed by atoms with Gasteiger partial charge in [0.15, 0.2) is 11.5 Å². The van der Waals surface area contributed by atoms with Crippen LogP contribution < -0.4 is 5.32 Å². The number of hydrogen-bond donors (Lipinski definition) is 1. The maximum atomic E-state index is 12.1. The fourth-order valence-electron chi connectivity index (χ4n) is 2.56. The topological polar surface area (TPSA) is 60.1 Å². The van der Waals surface area contributed by atoms with E-state index in [1.165, 1.54) is 12.8 Å². The van der Waals surface area contributed by atoms with Crippen molar-refractivity contribution in [3.63, 3.8) is 0 Å². The molecule has 0 radical (unpaired) electrons. The van der Waals surface area contributed by atoms with Crippen LogP contribution in [0.2, 0.25) is 0 Å². The molecule has 1 N–H and O–H groups in total. The van der Waals surface area contributed by atoms with Gasteiger partial charge in [-0.25, -0.2) is 0 Å². The molecule has 0 atom stereocenters. The Bertz CT molecular complexity index is 566. The molecule has 2 heterocycles. The van der Waals surface area contributed by atoms with E-state index < -0.39 is 0 Å². The van der Waals surface area contributed by atoms with E-state index in [1.807, 2.05) is 19.2 Å². The lowest BCUT2D eigenvalue weighted by molar-refractivity contribution is 0.0932. The Labute approximate surface area is 111 Å². The number of hydrogen-bond acceptors (Lipinski definition) is 3. The Morgan fingerprint density at radius 1 is 1.47 bits per heavy atom. The van der Waals surface area contributed by atoms with Gasteiger partial charge in [-0.05, 0) is 25.0 Å². The summed E-state index contributed by atoms with van der Waals surface area (Å²) in [6.07, 6.45) is 6.16. The SMILES string of the molecule is Cn1nc(C(=O)NC2CCCC2)cc1-c1ccco1. The van der Waals surface area contributed by atoms with Crippen molar-refractivity contribution in [1.82, 2.24) is 15.1 Å². The molecule has 3 rings (SSSR count). The monoisotopic (exact) mass is 259 g/mol. The predicted molar refractivity (Wildman–Crippen MR) is 70.6 cm³/mol. The van der Waals surface area contributed by atoms with Crippen molar-refractivity contribution in [3.8, 4) is 11.5 Å². The lowest BCUT2D eigenvalue weighted by Gasteiger charge is -2.09. The van der Waals surface area contributed by atoms with Gasteiger partial charge in [-0.15, -0.1) is 0 Å². The summed E-state index contributed by atoms with van der Waals surface area (Å²) in [5.41, 5.74) is 1.25. The highest BCUT2D eigenvalue weighted by Crippen LogP contribution is 2.21. The predicted octanol–water partition coefficient (Wildman–Crippen LogP) is 2.35. The highest BCUT2D eigenvalue weighted by molar-refractivity contribution is 5.93. The molecule has 0 spiro atoms. The van der Waals surface area contributed by atoms with Crippen LogP contribution in [0, 0.1) is 0 Å². The molecule has 1 aliphatic carbocycles. The first-order valence-electron chi connectivity index (χ1n) is 6.63. The second kappa shape index (κ2) is 4.91. The molecule has 5 nitrogen and oxygen atoms in total. The van der Waals surface area contributed by atoms with Crippen molar-refractivity contribution in [2.75, 3.05) is 0 Å². The zero-order valence-electron chi connectivity index (χ0n) is 10.9. The summed E-state index contributed by atoms with van der Waals surface area (Å²) in [4.78, 5) is 12.1. The number of aromatic nitrogens is 2. The number of rotatable bonds is 3. The number of nitrogens with zero attached hydrogens (tertiary/aromatic N) is 2. The molecule has 1 aliphatic rings. The number of amides is 1. The van der Waals surface area contributed by atoms with Gasteiger partial charge in [-0.3, -0.25) is 9.48 Å². The van der Waals surface area contributed by atoms with Gasteiger partial charge in [0.25, 0.3) is 5.91 Å². The van der Waals surface area contributed by atoms with Crippen LogP contribution in [0.1, 0.15) is 36.2 Å². The van der Waals surface area contributed by atoms with Crippen LogP contribution in [-0.2, 0) is 7.05 Å². The minimum absolute atomic E-state index is 0.0969. The van der Waals surface area contributed by atoms with Crippen molar-refractivity contribution in [2.24, 2.45) is 7.05 Å². The summed E-state index contributed by atoms with van der Waals surface area (Å²) >= 11 is 0. The largest absolute Gasteiger partial charge is 0.463 e. The average Bonchev–Trinajstić information content (AvgIpc) is 3.07. The van der Waals surface area contributed by atoms with E-state index in [2.05, 4.69) is 10.4 Å². The number of carbonyl (C=O) groups excluding carboxylic acids is 1. The normalized spacial score (nSPS) is 15.8. The van der Waals surface area contributed by atoms with Gasteiger partial charge in [0.1, 0.15) is 5.69 Å². The molecule has 1 saturated carbocycles. The molecule has 1 fully saturated rings. The first-order chi connectivity index (χ1) is 9.24. The Balaban J connectivity index is 1.78. The van der Waals surface area contributed by atoms with E-state index in [-0.39, 0.29) is 5.91 Å². The smallest absolute Gasteiger partial charge is 0.272 e. The summed E-state index contributed by atoms with van der Waals surface area (Å²) in [6.45, 7) is 0. The van der Waals surface area contributed by atoms with Crippen molar-refractivity contribution in [3.05, 3.63) is 30.2 Å². The second-order valence-electron chi connectivity index (χ2n) is 4.97. The minimum atomic E-state index is -0.0969. The second-order valence-corrected chi connectivity index (χ2v) is 4.97. The van der Waals surface area contributed by atoms with Crippen molar-refractivity contribution in [1.29, 1.82) is 0 Å². The standard InChI is InChI=1S/C14H17N3O2/c1-17-12(13-7-4-8-19-13)9-11(16-17)14(18)15-10-5-2-3-6-10/h4,7-10H,2-3,5-6H2,1H3,(H,15,18). The van der Waals surface area contributed by atoms with E-state index in [4.69, 9.17) is 4.42 Å². The van der Waals surface area contributed by atoms with Gasteiger partial charge in [-0.2, -0.15) is 5.10 Å². The van der Waals surface area contributed by atoms with E-state index in [9.17, 15) is 4.79 Å². The van der Waals surface area contributed by atoms with Gasteiger partial charge in [0.2, 0.25) is 0 Å². The molecular weight excluding hydrogens is 242 g/mol. The molecular formula is C14H17N3O2. The molecule has 2 aromatic rings. The van der Waals surface area contributed by atoms with Gasteiger partial charge in [0, 0.05) is 19.2 Å². The summed E-state index contributed by atoms with van der Waals surface area (Å²) in [6, 6.07) is 5.75. The Hall–Kier alpha value is -2.04. The lowest BCUT2D eigenvalue weighted by Crippen LogP contribution is -2.32. The van der Waals surface area contributed by atoms with Gasteiger partial charge >= 0.3 is 0 Å². The fraction of sp³-hybridized carbons (Fsp3) is 0.429. The fourth-order valence-corrected chi connectivity index (χ4v) is 2.56. The van der Waals surface area contributed by atoms with Crippen LogP contribution >= 0.6 is 0 Å². The molecule has 0 unspecified atom stereocenters. The quantitative estimate of drug-likeness (QED) is 0.920. The zero-order valence-corrected chi connectivity index (χ0v) is 10.9. The van der Waals surface area contributed by atoms with Crippen molar-refractivity contribution in [2.45, 2.75) is 31.7 Å². The average molecular weight is 259 g/mol. The van der Waals surface area contributed by atoms with Crippen LogP contribution in [0.3, 0.4) is 0 Å². The third kappa shape index (κ3) is 2.41. The van der Waals surface area contributed by atoms with Gasteiger partial charge in [0.05, 0.1) is 6.26 Å². The van der Waals surface area contributed by atoms with Crippen LogP contribution in [0.15, 0.2) is 28.9 Å². The molecule has 2 aromatic heterocycles. The van der Waals surface area contributed by atoms with Crippen LogP contribution in [-0.4, -0.2) is 21.7 Å². The van der Waals surface area contributed by atoms with E-state index in [0.29, 0.717) is 11.7 Å². The van der Waals surface area contributed by atoms with Crippen LogP contribution in [0.25, 0.3) is 11.5 Å². The minimum Gasteiger partial charge on any atom is -0.463 e. The van der Waals surface area contributed by atoms with E-state index in [0.717, 1.165) is 24.3 Å². The first-order valence-corrected chi connectivity index (χ1v) is 6.63.